The quantitative estimate of drug-likeness (QED) is 0.507. The fourth-order valence-electron chi connectivity index (χ4n) is 1.35. The predicted octanol–water partition coefficient (Wildman–Crippen LogP) is 1.07. The van der Waals surface area contributed by atoms with Gasteiger partial charge in [-0.05, 0) is 19.3 Å². The van der Waals surface area contributed by atoms with Gasteiger partial charge in [-0.15, -0.1) is 0 Å². The highest BCUT2D eigenvalue weighted by atomic mass is 16.2. The monoisotopic (exact) mass is 239 g/mol. The van der Waals surface area contributed by atoms with Gasteiger partial charge in [0.15, 0.2) is 0 Å². The van der Waals surface area contributed by atoms with Gasteiger partial charge in [0.05, 0.1) is 0 Å². The Kier molecular flexibility index (Phi) is 6.09. The molecular formula is C11H21N5O. The van der Waals surface area contributed by atoms with Crippen molar-refractivity contribution in [3.05, 3.63) is 6.07 Å². The van der Waals surface area contributed by atoms with Crippen LogP contribution in [0.2, 0.25) is 0 Å². The highest BCUT2D eigenvalue weighted by Gasteiger charge is 2.01. The van der Waals surface area contributed by atoms with Crippen LogP contribution in [0.25, 0.3) is 0 Å². The van der Waals surface area contributed by atoms with Crippen LogP contribution in [0.4, 0.5) is 17.6 Å². The zero-order chi connectivity index (χ0) is 12.5. The van der Waals surface area contributed by atoms with E-state index >= 15 is 0 Å². The molecule has 1 rings (SSSR count). The van der Waals surface area contributed by atoms with Crippen LogP contribution in [0.15, 0.2) is 6.07 Å². The first kappa shape index (κ1) is 13.5. The molecule has 0 aliphatic heterocycles. The Bertz CT molecular complexity index is 332. The summed E-state index contributed by atoms with van der Waals surface area (Å²) in [6.45, 7) is 3.94. The molecule has 6 heteroatoms. The molecule has 1 aromatic heterocycles. The Hall–Kier alpha value is -1.56. The minimum absolute atomic E-state index is 0.219. The molecule has 0 unspecified atom stereocenters. The molecule has 0 aromatic carbocycles. The number of nitrogen functional groups attached to an aromatic ring is 1. The summed E-state index contributed by atoms with van der Waals surface area (Å²) in [6.07, 6.45) is 2.72. The molecule has 0 saturated carbocycles. The van der Waals surface area contributed by atoms with Gasteiger partial charge in [0.2, 0.25) is 5.95 Å². The topological polar surface area (TPSA) is 96.1 Å². The molecule has 0 atom stereocenters. The van der Waals surface area contributed by atoms with Gasteiger partial charge >= 0.3 is 0 Å². The van der Waals surface area contributed by atoms with Crippen LogP contribution >= 0.6 is 0 Å². The largest absolute Gasteiger partial charge is 0.396 e. The van der Waals surface area contributed by atoms with Gasteiger partial charge in [0.25, 0.3) is 0 Å². The van der Waals surface area contributed by atoms with E-state index in [0.717, 1.165) is 38.2 Å². The van der Waals surface area contributed by atoms with Gasteiger partial charge in [0, 0.05) is 25.8 Å². The van der Waals surface area contributed by atoms with Crippen LogP contribution in [-0.4, -0.2) is 34.8 Å². The molecule has 96 valence electrons. The van der Waals surface area contributed by atoms with E-state index in [1.807, 2.05) is 6.07 Å². The Balaban J connectivity index is 2.50. The number of hydrogen-bond acceptors (Lipinski definition) is 6. The molecule has 0 bridgehead atoms. The third kappa shape index (κ3) is 5.35. The number of nitrogens with zero attached hydrogens (tertiary/aromatic N) is 2. The Morgan fingerprint density at radius 1 is 1.18 bits per heavy atom. The molecule has 5 N–H and O–H groups in total. The normalized spacial score (nSPS) is 10.2. The molecule has 0 fully saturated rings. The van der Waals surface area contributed by atoms with Crippen LogP contribution in [0.3, 0.4) is 0 Å². The van der Waals surface area contributed by atoms with Crippen molar-refractivity contribution in [1.29, 1.82) is 0 Å². The van der Waals surface area contributed by atoms with E-state index in [-0.39, 0.29) is 12.6 Å². The van der Waals surface area contributed by atoms with Gasteiger partial charge in [0.1, 0.15) is 11.6 Å². The summed E-state index contributed by atoms with van der Waals surface area (Å²) >= 11 is 0. The minimum Gasteiger partial charge on any atom is -0.396 e. The number of unbranched alkanes of at least 4 members (excludes halogenated alkanes) is 1. The molecule has 17 heavy (non-hydrogen) atoms. The van der Waals surface area contributed by atoms with Gasteiger partial charge in [-0.1, -0.05) is 6.92 Å². The fourth-order valence-corrected chi connectivity index (χ4v) is 1.35. The SMILES string of the molecule is CCCNc1cc(NCCCCO)nc(N)n1. The van der Waals surface area contributed by atoms with Crippen molar-refractivity contribution in [2.24, 2.45) is 0 Å². The number of hydrogen-bond donors (Lipinski definition) is 4. The second kappa shape index (κ2) is 7.67. The molecule has 1 aromatic rings. The summed E-state index contributed by atoms with van der Waals surface area (Å²) in [6, 6.07) is 1.84. The third-order valence-electron chi connectivity index (χ3n) is 2.19. The average molecular weight is 239 g/mol. The standard InChI is InChI=1S/C11H21N5O/c1-2-5-13-9-8-10(16-11(12)15-9)14-6-3-4-7-17/h8,17H,2-7H2,1H3,(H4,12,13,14,15,16). The summed E-state index contributed by atoms with van der Waals surface area (Å²) < 4.78 is 0. The van der Waals surface area contributed by atoms with Crippen LogP contribution in [0.5, 0.6) is 0 Å². The lowest BCUT2D eigenvalue weighted by molar-refractivity contribution is 0.286. The molecule has 1 heterocycles. The number of aromatic nitrogens is 2. The van der Waals surface area contributed by atoms with Crippen LogP contribution in [-0.2, 0) is 0 Å². The number of nitrogens with two attached hydrogens (primary N) is 1. The van der Waals surface area contributed by atoms with E-state index in [9.17, 15) is 0 Å². The van der Waals surface area contributed by atoms with Gasteiger partial charge < -0.3 is 21.5 Å². The zero-order valence-electron chi connectivity index (χ0n) is 10.2. The highest BCUT2D eigenvalue weighted by molar-refractivity contribution is 5.50. The van der Waals surface area contributed by atoms with E-state index in [1.54, 1.807) is 0 Å². The molecule has 0 radical (unpaired) electrons. The summed E-state index contributed by atoms with van der Waals surface area (Å²) in [5, 5.41) is 15.0. The first-order valence-electron chi connectivity index (χ1n) is 5.99. The van der Waals surface area contributed by atoms with Crippen LogP contribution in [0.1, 0.15) is 26.2 Å². The molecule has 0 saturated heterocycles. The van der Waals surface area contributed by atoms with Crippen LogP contribution in [0, 0.1) is 0 Å². The van der Waals surface area contributed by atoms with Crippen molar-refractivity contribution in [3.8, 4) is 0 Å². The first-order valence-corrected chi connectivity index (χ1v) is 5.99. The maximum atomic E-state index is 8.67. The molecular weight excluding hydrogens is 218 g/mol. The number of aliphatic hydroxyl groups excluding tert-OH is 1. The molecule has 0 aliphatic carbocycles. The number of nitrogens with one attached hydrogen (secondary N) is 2. The Morgan fingerprint density at radius 3 is 2.41 bits per heavy atom. The maximum Gasteiger partial charge on any atom is 0.223 e. The maximum absolute atomic E-state index is 8.67. The molecule has 0 spiro atoms. The lowest BCUT2D eigenvalue weighted by Gasteiger charge is -2.09. The van der Waals surface area contributed by atoms with Crippen molar-refractivity contribution >= 4 is 17.6 Å². The smallest absolute Gasteiger partial charge is 0.223 e. The van der Waals surface area contributed by atoms with Crippen molar-refractivity contribution < 1.29 is 5.11 Å². The van der Waals surface area contributed by atoms with Gasteiger partial charge in [-0.3, -0.25) is 0 Å². The predicted molar refractivity (Wildman–Crippen MR) is 70.0 cm³/mol. The highest BCUT2D eigenvalue weighted by Crippen LogP contribution is 2.12. The molecule has 0 aliphatic rings. The van der Waals surface area contributed by atoms with Crippen molar-refractivity contribution in [2.75, 3.05) is 36.1 Å². The Labute approximate surface area is 102 Å². The Morgan fingerprint density at radius 2 is 1.82 bits per heavy atom. The van der Waals surface area contributed by atoms with Crippen molar-refractivity contribution in [1.82, 2.24) is 9.97 Å². The summed E-state index contributed by atoms with van der Waals surface area (Å²) in [5.74, 6) is 1.72. The van der Waals surface area contributed by atoms with Crippen molar-refractivity contribution in [3.63, 3.8) is 0 Å². The fraction of sp³-hybridized carbons (Fsp3) is 0.636. The average Bonchev–Trinajstić information content (AvgIpc) is 2.31. The van der Waals surface area contributed by atoms with E-state index in [1.165, 1.54) is 0 Å². The van der Waals surface area contributed by atoms with Gasteiger partial charge in [-0.2, -0.15) is 9.97 Å². The zero-order valence-corrected chi connectivity index (χ0v) is 10.2. The van der Waals surface area contributed by atoms with Gasteiger partial charge in [-0.25, -0.2) is 0 Å². The van der Waals surface area contributed by atoms with E-state index < -0.39 is 0 Å². The summed E-state index contributed by atoms with van der Waals surface area (Å²) in [5.41, 5.74) is 5.62. The lowest BCUT2D eigenvalue weighted by Crippen LogP contribution is -2.09. The number of aliphatic hydroxyl groups is 1. The van der Waals surface area contributed by atoms with Crippen LogP contribution < -0.4 is 16.4 Å². The summed E-state index contributed by atoms with van der Waals surface area (Å²) in [7, 11) is 0. The third-order valence-corrected chi connectivity index (χ3v) is 2.19. The van der Waals surface area contributed by atoms with Crippen molar-refractivity contribution in [2.45, 2.75) is 26.2 Å². The second-order valence-corrected chi connectivity index (χ2v) is 3.78. The first-order chi connectivity index (χ1) is 8.26. The molecule has 6 nitrogen and oxygen atoms in total. The number of anilines is 3. The second-order valence-electron chi connectivity index (χ2n) is 3.78. The summed E-state index contributed by atoms with van der Waals surface area (Å²) in [4.78, 5) is 8.18. The molecule has 0 amide bonds. The van der Waals surface area contributed by atoms with E-state index in [0.29, 0.717) is 5.82 Å². The lowest BCUT2D eigenvalue weighted by atomic mass is 10.3. The van der Waals surface area contributed by atoms with E-state index in [2.05, 4.69) is 27.5 Å². The number of rotatable bonds is 8. The minimum atomic E-state index is 0.219. The van der Waals surface area contributed by atoms with E-state index in [4.69, 9.17) is 10.8 Å².